The summed E-state index contributed by atoms with van der Waals surface area (Å²) < 4.78 is 3.77. The zero-order valence-corrected chi connectivity index (χ0v) is 30.2. The monoisotopic (exact) mass is 566 g/mol. The van der Waals surface area contributed by atoms with Crippen molar-refractivity contribution in [1.82, 2.24) is 0 Å². The van der Waals surface area contributed by atoms with E-state index in [4.69, 9.17) is 0 Å². The average Bonchev–Trinajstić information content (AvgIpc) is 3.11. The third-order valence-electron chi connectivity index (χ3n) is 7.50. The minimum Gasteiger partial charge on any atom is -0.147 e. The predicted molar refractivity (Wildman–Crippen MR) is 160 cm³/mol. The summed E-state index contributed by atoms with van der Waals surface area (Å²) in [5, 5.41) is 9.06. The molecule has 0 radical (unpaired) electrons. The molecular formula is C26H52Cl2Si3Ti. The van der Waals surface area contributed by atoms with Crippen LogP contribution in [0.25, 0.3) is 0 Å². The number of hydrogen-bond acceptors (Lipinski definition) is 0. The van der Waals surface area contributed by atoms with E-state index in [9.17, 15) is 0 Å². The predicted octanol–water partition coefficient (Wildman–Crippen LogP) is 9.18. The second-order valence-electron chi connectivity index (χ2n) is 15.2. The average molecular weight is 568 g/mol. The van der Waals surface area contributed by atoms with Gasteiger partial charge in [0.1, 0.15) is 0 Å². The first-order valence-electron chi connectivity index (χ1n) is 11.9. The quantitative estimate of drug-likeness (QED) is 0.297. The summed E-state index contributed by atoms with van der Waals surface area (Å²) in [5.41, 5.74) is 3.84. The molecule has 0 amide bonds. The molecule has 0 bridgehead atoms. The smallest absolute Gasteiger partial charge is 0.147 e. The van der Waals surface area contributed by atoms with Crippen LogP contribution in [-0.4, -0.2) is 23.8 Å². The van der Waals surface area contributed by atoms with Gasteiger partial charge >= 0.3 is 194 Å². The van der Waals surface area contributed by atoms with Crippen LogP contribution < -0.4 is 0 Å². The minimum atomic E-state index is -3.07. The van der Waals surface area contributed by atoms with Crippen LogP contribution in [0.2, 0.25) is 49.7 Å². The molecule has 0 N–H and O–H groups in total. The fourth-order valence-electron chi connectivity index (χ4n) is 5.11. The fourth-order valence-corrected chi connectivity index (χ4v) is 17.9. The van der Waals surface area contributed by atoms with Crippen LogP contribution in [0.15, 0.2) is 41.4 Å². The second kappa shape index (κ2) is 9.41. The fraction of sp³-hybridized carbons (Fsp3) is 0.692. The molecule has 0 aliphatic heterocycles. The minimum absolute atomic E-state index is 0. The Morgan fingerprint density at radius 3 is 1.09 bits per heavy atom. The molecule has 0 saturated carbocycles. The van der Waals surface area contributed by atoms with Crippen molar-refractivity contribution in [2.75, 3.05) is 0 Å². The van der Waals surface area contributed by atoms with E-state index in [1.165, 1.54) is 12.8 Å². The molecule has 0 fully saturated rings. The Morgan fingerprint density at radius 1 is 0.656 bits per heavy atom. The third-order valence-corrected chi connectivity index (χ3v) is 23.0. The summed E-state index contributed by atoms with van der Waals surface area (Å²) in [6, 6.07) is 0. The van der Waals surface area contributed by atoms with Crippen LogP contribution in [0.1, 0.15) is 54.4 Å². The number of rotatable bonds is 4. The number of halogens is 2. The molecule has 0 aromatic heterocycles. The summed E-state index contributed by atoms with van der Waals surface area (Å²) >= 11 is -3.07. The van der Waals surface area contributed by atoms with Crippen LogP contribution in [0.5, 0.6) is 0 Å². The van der Waals surface area contributed by atoms with Gasteiger partial charge in [-0.25, -0.2) is 0 Å². The molecule has 32 heavy (non-hydrogen) atoms. The Balaban J connectivity index is 0.00000480. The Hall–Kier alpha value is 0.905. The topological polar surface area (TPSA) is 0 Å². The van der Waals surface area contributed by atoms with Gasteiger partial charge < -0.3 is 0 Å². The maximum atomic E-state index is 2.75. The van der Waals surface area contributed by atoms with Crippen LogP contribution >= 0.6 is 24.8 Å². The van der Waals surface area contributed by atoms with E-state index in [-0.39, 0.29) is 35.6 Å². The van der Waals surface area contributed by atoms with Crippen LogP contribution in [0, 0.1) is 10.8 Å². The van der Waals surface area contributed by atoms with E-state index >= 15 is 0 Å². The Bertz CT molecular complexity index is 873. The molecule has 0 spiro atoms. The maximum Gasteiger partial charge on any atom is -0.147 e. The van der Waals surface area contributed by atoms with Gasteiger partial charge in [0.25, 0.3) is 0 Å². The summed E-state index contributed by atoms with van der Waals surface area (Å²) in [6.07, 6.45) is 7.87. The van der Waals surface area contributed by atoms with Crippen molar-refractivity contribution in [3.8, 4) is 0 Å². The molecule has 0 aromatic rings. The van der Waals surface area contributed by atoms with Gasteiger partial charge in [-0.3, -0.25) is 0 Å². The van der Waals surface area contributed by atoms with Crippen molar-refractivity contribution < 1.29 is 14.0 Å². The van der Waals surface area contributed by atoms with Crippen molar-refractivity contribution in [3.05, 3.63) is 41.4 Å². The summed E-state index contributed by atoms with van der Waals surface area (Å²) in [4.78, 5) is 0. The van der Waals surface area contributed by atoms with Gasteiger partial charge in [-0.15, -0.1) is 24.8 Å². The molecule has 2 aliphatic carbocycles. The van der Waals surface area contributed by atoms with Crippen LogP contribution in [0.3, 0.4) is 0 Å². The van der Waals surface area contributed by atoms with Gasteiger partial charge in [-0.2, -0.15) is 0 Å². The third kappa shape index (κ3) is 6.56. The van der Waals surface area contributed by atoms with Crippen molar-refractivity contribution in [3.63, 3.8) is 0 Å². The second-order valence-corrected chi connectivity index (χ2v) is 44.5. The largest absolute Gasteiger partial charge is 0.147 e. The Labute approximate surface area is 217 Å². The van der Waals surface area contributed by atoms with E-state index in [1.807, 2.05) is 7.76 Å². The van der Waals surface area contributed by atoms with Crippen LogP contribution in [-0.2, 0) is 14.0 Å². The van der Waals surface area contributed by atoms with E-state index in [2.05, 4.69) is 111 Å². The van der Waals surface area contributed by atoms with Gasteiger partial charge in [-0.1, -0.05) is 0 Å². The summed E-state index contributed by atoms with van der Waals surface area (Å²) in [5.74, 6) is 0. The molecule has 0 saturated heterocycles. The molecule has 186 valence electrons. The van der Waals surface area contributed by atoms with Crippen LogP contribution in [0.4, 0.5) is 0 Å². The standard InChI is InChI=1S/2C12H21Si.2CH3.2ClH.H2Si.Ti/c2*1-12(2,3)10-7-8-11(9-10)13(4,5)6;;;;;;/h2*9H,8H2,1-6H3;2*1H3;2*1H;1H2;. The first-order chi connectivity index (χ1) is 12.9. The van der Waals surface area contributed by atoms with E-state index in [0.717, 1.165) is 0 Å². The van der Waals surface area contributed by atoms with Crippen molar-refractivity contribution in [2.24, 2.45) is 10.8 Å². The molecule has 0 heterocycles. The Morgan fingerprint density at radius 2 is 0.906 bits per heavy atom. The van der Waals surface area contributed by atoms with E-state index < -0.39 is 30.2 Å². The number of hydrogen-bond donors (Lipinski definition) is 0. The normalized spacial score (nSPS) is 19.0. The van der Waals surface area contributed by atoms with E-state index in [1.54, 1.807) is 21.5 Å². The van der Waals surface area contributed by atoms with Crippen molar-refractivity contribution in [2.45, 2.75) is 104 Å². The van der Waals surface area contributed by atoms with E-state index in [0.29, 0.717) is 0 Å². The van der Waals surface area contributed by atoms with Crippen molar-refractivity contribution in [1.29, 1.82) is 0 Å². The van der Waals surface area contributed by atoms with Gasteiger partial charge in [-0.05, 0) is 0 Å². The molecule has 0 aromatic carbocycles. The molecule has 2 aliphatic rings. The van der Waals surface area contributed by atoms with Gasteiger partial charge in [0.2, 0.25) is 0 Å². The molecule has 0 atom stereocenters. The molecular weight excluding hydrogens is 515 g/mol. The first kappa shape index (κ1) is 32.9. The summed E-state index contributed by atoms with van der Waals surface area (Å²) in [7, 11) is -0.151. The maximum absolute atomic E-state index is 3.07. The molecule has 2 rings (SSSR count). The zero-order valence-electron chi connectivity index (χ0n) is 23.6. The number of allylic oxidation sites excluding steroid dienone is 8. The van der Waals surface area contributed by atoms with Gasteiger partial charge in [0, 0.05) is 0 Å². The zero-order chi connectivity index (χ0) is 23.7. The van der Waals surface area contributed by atoms with Crippen molar-refractivity contribution >= 4 is 48.6 Å². The Kier molecular flexibility index (Phi) is 9.68. The molecule has 6 heteroatoms. The summed E-state index contributed by atoms with van der Waals surface area (Å²) in [6.45, 7) is 29.9. The molecule has 0 nitrogen and oxygen atoms in total. The first-order valence-corrected chi connectivity index (χ1v) is 27.6. The molecule has 0 unspecified atom stereocenters. The van der Waals surface area contributed by atoms with Gasteiger partial charge in [0.15, 0.2) is 0 Å². The van der Waals surface area contributed by atoms with Gasteiger partial charge in [0.05, 0.1) is 0 Å². The SMILES string of the molecule is CC(C)(C)C1=[C]([Ti]([CH3])([CH3])(=[SiH2])[C]2=C(C(C)(C)C)C=C([Si](C)(C)C)C2)CC([Si](C)(C)C)=C1.Cl.Cl.